The Labute approximate surface area is 214 Å². The third kappa shape index (κ3) is 2.82. The Bertz CT molecular complexity index is 1560. The minimum atomic E-state index is -0.957. The van der Waals surface area contributed by atoms with Gasteiger partial charge in [0, 0.05) is 11.8 Å². The van der Waals surface area contributed by atoms with Gasteiger partial charge in [0.15, 0.2) is 5.75 Å². The Kier molecular flexibility index (Phi) is 4.55. The van der Waals surface area contributed by atoms with E-state index in [2.05, 4.69) is 24.3 Å². The number of anilines is 1. The molecule has 1 aliphatic heterocycles. The van der Waals surface area contributed by atoms with Gasteiger partial charge in [-0.3, -0.25) is 9.59 Å². The Morgan fingerprint density at radius 3 is 1.92 bits per heavy atom. The SMILES string of the molecule is CC12C(=O)N(c3ccccc3OC(=O)c3ccccc3)C(=O)C1C1c3ccccc3C2c2ccccc21. The average Bonchev–Trinajstić information content (AvgIpc) is 3.14. The molecule has 1 heterocycles. The molecule has 0 spiro atoms. The second-order valence-electron chi connectivity index (χ2n) is 10.1. The quantitative estimate of drug-likeness (QED) is 0.212. The van der Waals surface area contributed by atoms with Crippen LogP contribution in [0.1, 0.15) is 51.4 Å². The first-order valence-electron chi connectivity index (χ1n) is 12.4. The van der Waals surface area contributed by atoms with Gasteiger partial charge < -0.3 is 4.74 Å². The van der Waals surface area contributed by atoms with Crippen molar-refractivity contribution in [2.45, 2.75) is 18.8 Å². The average molecular weight is 486 g/mol. The number of carbonyl (C=O) groups excluding carboxylic acids is 3. The molecule has 4 aromatic carbocycles. The summed E-state index contributed by atoms with van der Waals surface area (Å²) in [6.45, 7) is 1.93. The van der Waals surface area contributed by atoms with Crippen LogP contribution in [0.25, 0.3) is 0 Å². The van der Waals surface area contributed by atoms with Crippen LogP contribution in [0.3, 0.4) is 0 Å². The summed E-state index contributed by atoms with van der Waals surface area (Å²) in [5.74, 6) is -1.89. The fourth-order valence-corrected chi connectivity index (χ4v) is 6.81. The number of amides is 2. The number of rotatable bonds is 3. The molecule has 2 unspecified atom stereocenters. The third-order valence-electron chi connectivity index (χ3n) is 8.33. The van der Waals surface area contributed by atoms with Gasteiger partial charge in [-0.25, -0.2) is 9.69 Å². The van der Waals surface area contributed by atoms with Gasteiger partial charge in [-0.1, -0.05) is 78.9 Å². The summed E-state index contributed by atoms with van der Waals surface area (Å²) in [5, 5.41) is 0. The van der Waals surface area contributed by atoms with Crippen LogP contribution in [0.15, 0.2) is 103 Å². The van der Waals surface area contributed by atoms with Crippen LogP contribution >= 0.6 is 0 Å². The number of carbonyl (C=O) groups is 3. The minimum Gasteiger partial charge on any atom is -0.421 e. The van der Waals surface area contributed by atoms with E-state index in [1.807, 2.05) is 37.3 Å². The molecule has 0 saturated carbocycles. The van der Waals surface area contributed by atoms with Gasteiger partial charge in [-0.05, 0) is 53.4 Å². The molecule has 8 rings (SSSR count). The van der Waals surface area contributed by atoms with E-state index in [4.69, 9.17) is 4.74 Å². The summed E-state index contributed by atoms with van der Waals surface area (Å²) in [5.41, 5.74) is 4.17. The minimum absolute atomic E-state index is 0.183. The Morgan fingerprint density at radius 1 is 0.730 bits per heavy atom. The highest BCUT2D eigenvalue weighted by atomic mass is 16.5. The van der Waals surface area contributed by atoms with Crippen LogP contribution in [-0.2, 0) is 9.59 Å². The predicted molar refractivity (Wildman–Crippen MR) is 139 cm³/mol. The number of ether oxygens (including phenoxy) is 1. The standard InChI is InChI=1S/C32H23NO4/c1-32-27-22-15-7-5-13-20(22)26(21-14-6-8-16-23(21)27)28(32)29(34)33(31(32)36)24-17-9-10-18-25(24)37-30(35)19-11-3-2-4-12-19/h2-18,26-28H,1H3. The van der Waals surface area contributed by atoms with Crippen molar-refractivity contribution in [3.8, 4) is 5.75 Å². The van der Waals surface area contributed by atoms with Gasteiger partial charge in [0.2, 0.25) is 11.8 Å². The lowest BCUT2D eigenvalue weighted by Crippen LogP contribution is -2.49. The summed E-state index contributed by atoms with van der Waals surface area (Å²) in [6.07, 6.45) is 0. The number of benzene rings is 4. The molecule has 5 heteroatoms. The van der Waals surface area contributed by atoms with E-state index in [0.717, 1.165) is 22.3 Å². The molecule has 37 heavy (non-hydrogen) atoms. The molecule has 180 valence electrons. The number of imide groups is 1. The summed E-state index contributed by atoms with van der Waals surface area (Å²) in [4.78, 5) is 42.7. The van der Waals surface area contributed by atoms with E-state index in [0.29, 0.717) is 11.3 Å². The predicted octanol–water partition coefficient (Wildman–Crippen LogP) is 5.69. The first-order valence-corrected chi connectivity index (χ1v) is 12.4. The molecule has 5 nitrogen and oxygen atoms in total. The molecule has 2 atom stereocenters. The molecule has 1 fully saturated rings. The Hall–Kier alpha value is -4.51. The molecule has 0 N–H and O–H groups in total. The normalized spacial score (nSPS) is 24.9. The van der Waals surface area contributed by atoms with Crippen LogP contribution in [0.2, 0.25) is 0 Å². The van der Waals surface area contributed by atoms with E-state index in [1.165, 1.54) is 4.90 Å². The maximum Gasteiger partial charge on any atom is 0.343 e. The molecule has 4 aromatic rings. The molecule has 2 amide bonds. The second-order valence-corrected chi connectivity index (χ2v) is 10.1. The third-order valence-corrected chi connectivity index (χ3v) is 8.33. The van der Waals surface area contributed by atoms with E-state index < -0.39 is 17.3 Å². The van der Waals surface area contributed by atoms with Gasteiger partial charge in [-0.15, -0.1) is 0 Å². The summed E-state index contributed by atoms with van der Waals surface area (Å²) in [7, 11) is 0. The lowest BCUT2D eigenvalue weighted by molar-refractivity contribution is -0.128. The van der Waals surface area contributed by atoms with Gasteiger partial charge >= 0.3 is 5.97 Å². The van der Waals surface area contributed by atoms with Crippen LogP contribution in [0.5, 0.6) is 5.75 Å². The van der Waals surface area contributed by atoms with Crippen molar-refractivity contribution in [3.63, 3.8) is 0 Å². The fourth-order valence-electron chi connectivity index (χ4n) is 6.81. The van der Waals surface area contributed by atoms with Gasteiger partial charge in [0.1, 0.15) is 0 Å². The summed E-state index contributed by atoms with van der Waals surface area (Å²) in [6, 6.07) is 31.8. The molecular formula is C32H23NO4. The van der Waals surface area contributed by atoms with Crippen LogP contribution in [0.4, 0.5) is 5.69 Å². The maximum atomic E-state index is 14.4. The number of hydrogen-bond donors (Lipinski definition) is 0. The zero-order valence-corrected chi connectivity index (χ0v) is 20.1. The van der Waals surface area contributed by atoms with Crippen LogP contribution in [-0.4, -0.2) is 17.8 Å². The van der Waals surface area contributed by atoms with Gasteiger partial charge in [0.05, 0.1) is 22.6 Å². The maximum absolute atomic E-state index is 14.4. The zero-order valence-electron chi connectivity index (χ0n) is 20.1. The number of nitrogens with zero attached hydrogens (tertiary/aromatic N) is 1. The molecular weight excluding hydrogens is 462 g/mol. The Morgan fingerprint density at radius 2 is 1.27 bits per heavy atom. The highest BCUT2D eigenvalue weighted by molar-refractivity contribution is 6.25. The van der Waals surface area contributed by atoms with Crippen LogP contribution in [0, 0.1) is 11.3 Å². The van der Waals surface area contributed by atoms with Gasteiger partial charge in [-0.2, -0.15) is 0 Å². The van der Waals surface area contributed by atoms with E-state index in [1.54, 1.807) is 48.5 Å². The number of hydrogen-bond acceptors (Lipinski definition) is 4. The molecule has 3 aliphatic carbocycles. The Balaban J connectivity index is 1.36. The first-order chi connectivity index (χ1) is 18.0. The van der Waals surface area contributed by atoms with Crippen molar-refractivity contribution >= 4 is 23.5 Å². The largest absolute Gasteiger partial charge is 0.421 e. The van der Waals surface area contributed by atoms with Crippen molar-refractivity contribution in [1.29, 1.82) is 0 Å². The van der Waals surface area contributed by atoms with Gasteiger partial charge in [0.25, 0.3) is 0 Å². The van der Waals surface area contributed by atoms with Crippen molar-refractivity contribution in [2.75, 3.05) is 4.90 Å². The lowest BCUT2D eigenvalue weighted by Gasteiger charge is -2.51. The smallest absolute Gasteiger partial charge is 0.343 e. The molecule has 4 aliphatic rings. The monoisotopic (exact) mass is 485 g/mol. The topological polar surface area (TPSA) is 63.7 Å². The molecule has 0 radical (unpaired) electrons. The second kappa shape index (κ2) is 7.74. The van der Waals surface area contributed by atoms with Crippen LogP contribution < -0.4 is 9.64 Å². The zero-order chi connectivity index (χ0) is 25.3. The van der Waals surface area contributed by atoms with Crippen molar-refractivity contribution < 1.29 is 19.1 Å². The van der Waals surface area contributed by atoms with E-state index >= 15 is 0 Å². The van der Waals surface area contributed by atoms with Crippen molar-refractivity contribution in [3.05, 3.63) is 131 Å². The molecule has 0 aromatic heterocycles. The number of para-hydroxylation sites is 2. The highest BCUT2D eigenvalue weighted by Gasteiger charge is 2.69. The highest BCUT2D eigenvalue weighted by Crippen LogP contribution is 2.67. The van der Waals surface area contributed by atoms with E-state index in [-0.39, 0.29) is 29.4 Å². The molecule has 1 saturated heterocycles. The van der Waals surface area contributed by atoms with Crippen molar-refractivity contribution in [1.82, 2.24) is 0 Å². The molecule has 2 bridgehead atoms. The summed E-state index contributed by atoms with van der Waals surface area (Å²) >= 11 is 0. The van der Waals surface area contributed by atoms with E-state index in [9.17, 15) is 14.4 Å². The van der Waals surface area contributed by atoms with Crippen molar-refractivity contribution in [2.24, 2.45) is 11.3 Å². The fraction of sp³-hybridized carbons (Fsp3) is 0.156. The number of esters is 1. The first kappa shape index (κ1) is 21.7. The lowest BCUT2D eigenvalue weighted by atomic mass is 9.48. The summed E-state index contributed by atoms with van der Waals surface area (Å²) < 4.78 is 5.73.